The van der Waals surface area contributed by atoms with Crippen LogP contribution in [0.3, 0.4) is 0 Å². The molecule has 2 aliphatic rings. The minimum atomic E-state index is 0.356. The zero-order valence-electron chi connectivity index (χ0n) is 14.3. The molecule has 132 valence electrons. The highest BCUT2D eigenvalue weighted by Gasteiger charge is 2.22. The molecule has 25 heavy (non-hydrogen) atoms. The van der Waals surface area contributed by atoms with Gasteiger partial charge in [-0.2, -0.15) is 0 Å². The Bertz CT molecular complexity index is 729. The fourth-order valence-corrected chi connectivity index (χ4v) is 4.13. The van der Waals surface area contributed by atoms with Crippen LogP contribution in [-0.2, 0) is 13.0 Å². The lowest BCUT2D eigenvalue weighted by Gasteiger charge is -2.31. The van der Waals surface area contributed by atoms with Crippen molar-refractivity contribution in [3.05, 3.63) is 52.3 Å². The van der Waals surface area contributed by atoms with E-state index in [4.69, 9.17) is 9.47 Å². The lowest BCUT2D eigenvalue weighted by Crippen LogP contribution is -2.33. The van der Waals surface area contributed by atoms with Gasteiger partial charge in [-0.15, -0.1) is 0 Å². The molecular formula is C20H23BrN2O2. The molecule has 4 nitrogen and oxygen atoms in total. The first kappa shape index (κ1) is 16.9. The molecule has 0 aliphatic carbocycles. The zero-order valence-corrected chi connectivity index (χ0v) is 15.9. The van der Waals surface area contributed by atoms with E-state index in [-0.39, 0.29) is 0 Å². The second-order valence-electron chi connectivity index (χ2n) is 6.86. The van der Waals surface area contributed by atoms with Crippen LogP contribution in [0.1, 0.15) is 30.5 Å². The summed E-state index contributed by atoms with van der Waals surface area (Å²) in [6.45, 7) is 3.62. The maximum Gasteiger partial charge on any atom is 0.231 e. The summed E-state index contributed by atoms with van der Waals surface area (Å²) in [5.74, 6) is 2.65. The minimum absolute atomic E-state index is 0.356. The maximum atomic E-state index is 5.62. The quantitative estimate of drug-likeness (QED) is 0.693. The molecule has 0 amide bonds. The number of piperidine rings is 1. The Morgan fingerprint density at radius 2 is 1.92 bits per heavy atom. The molecule has 0 radical (unpaired) electrons. The monoisotopic (exact) mass is 402 g/mol. The fourth-order valence-electron chi connectivity index (χ4n) is 3.75. The van der Waals surface area contributed by atoms with E-state index in [0.29, 0.717) is 6.79 Å². The molecule has 2 aromatic rings. The molecule has 0 bridgehead atoms. The van der Waals surface area contributed by atoms with Crippen LogP contribution in [0.25, 0.3) is 0 Å². The number of halogens is 1. The van der Waals surface area contributed by atoms with Crippen LogP contribution < -0.4 is 9.47 Å². The largest absolute Gasteiger partial charge is 0.454 e. The van der Waals surface area contributed by atoms with E-state index in [1.807, 2.05) is 12.1 Å². The molecule has 0 atom stereocenters. The van der Waals surface area contributed by atoms with Crippen molar-refractivity contribution in [2.24, 2.45) is 5.92 Å². The third-order valence-corrected chi connectivity index (χ3v) is 5.61. The predicted octanol–water partition coefficient (Wildman–Crippen LogP) is 4.42. The maximum absolute atomic E-state index is 5.62. The van der Waals surface area contributed by atoms with E-state index in [2.05, 4.69) is 50.1 Å². The summed E-state index contributed by atoms with van der Waals surface area (Å²) in [6.07, 6.45) is 4.83. The molecule has 1 saturated heterocycles. The van der Waals surface area contributed by atoms with E-state index in [9.17, 15) is 0 Å². The lowest BCUT2D eigenvalue weighted by molar-refractivity contribution is 0.168. The number of benzene rings is 1. The number of para-hydroxylation sites is 1. The number of nitrogens with zero attached hydrogens (tertiary/aromatic N) is 2. The molecule has 1 aromatic carbocycles. The summed E-state index contributed by atoms with van der Waals surface area (Å²) in [7, 11) is 0. The number of pyridine rings is 1. The molecule has 3 heterocycles. The van der Waals surface area contributed by atoms with Crippen LogP contribution >= 0.6 is 15.9 Å². The molecule has 0 unspecified atom stereocenters. The normalized spacial score (nSPS) is 17.8. The first-order chi connectivity index (χ1) is 12.3. The Balaban J connectivity index is 1.26. The SMILES string of the molecule is Brc1cccc(CN2CCC(CCc3cccc4c3OCO4)CC2)n1. The van der Waals surface area contributed by atoms with Crippen molar-refractivity contribution in [2.45, 2.75) is 32.2 Å². The van der Waals surface area contributed by atoms with Crippen molar-refractivity contribution in [1.82, 2.24) is 9.88 Å². The topological polar surface area (TPSA) is 34.6 Å². The number of aromatic nitrogens is 1. The number of fused-ring (bicyclic) bond motifs is 1. The summed E-state index contributed by atoms with van der Waals surface area (Å²) < 4.78 is 12.0. The van der Waals surface area contributed by atoms with Gasteiger partial charge in [-0.1, -0.05) is 18.2 Å². The van der Waals surface area contributed by atoms with Gasteiger partial charge < -0.3 is 9.47 Å². The second kappa shape index (κ2) is 7.75. The number of hydrogen-bond donors (Lipinski definition) is 0. The van der Waals surface area contributed by atoms with Crippen LogP contribution in [0.4, 0.5) is 0 Å². The van der Waals surface area contributed by atoms with Gasteiger partial charge in [0.05, 0.1) is 5.69 Å². The Morgan fingerprint density at radius 1 is 1.08 bits per heavy atom. The average molecular weight is 403 g/mol. The minimum Gasteiger partial charge on any atom is -0.454 e. The number of aryl methyl sites for hydroxylation is 1. The van der Waals surface area contributed by atoms with Crippen molar-refractivity contribution in [3.63, 3.8) is 0 Å². The van der Waals surface area contributed by atoms with E-state index >= 15 is 0 Å². The van der Waals surface area contributed by atoms with Crippen molar-refractivity contribution < 1.29 is 9.47 Å². The Hall–Kier alpha value is -1.59. The fraction of sp³-hybridized carbons (Fsp3) is 0.450. The average Bonchev–Trinajstić information content (AvgIpc) is 3.10. The summed E-state index contributed by atoms with van der Waals surface area (Å²) in [5, 5.41) is 0. The first-order valence-electron chi connectivity index (χ1n) is 8.99. The predicted molar refractivity (Wildman–Crippen MR) is 101 cm³/mol. The van der Waals surface area contributed by atoms with Crippen LogP contribution in [0.15, 0.2) is 41.0 Å². The summed E-state index contributed by atoms with van der Waals surface area (Å²) in [6, 6.07) is 12.4. The highest BCUT2D eigenvalue weighted by Crippen LogP contribution is 2.36. The summed E-state index contributed by atoms with van der Waals surface area (Å²) >= 11 is 3.45. The molecule has 0 spiro atoms. The molecule has 0 N–H and O–H groups in total. The standard InChI is InChI=1S/C20H23BrN2O2/c21-19-6-2-4-17(22-19)13-23-11-9-15(10-12-23)7-8-16-3-1-5-18-20(16)25-14-24-18/h1-6,15H,7-14H2. The van der Waals surface area contributed by atoms with Gasteiger partial charge in [0.1, 0.15) is 4.60 Å². The molecule has 0 saturated carbocycles. The summed E-state index contributed by atoms with van der Waals surface area (Å²) in [4.78, 5) is 7.06. The van der Waals surface area contributed by atoms with Crippen LogP contribution in [0, 0.1) is 5.92 Å². The zero-order chi connectivity index (χ0) is 17.1. The van der Waals surface area contributed by atoms with Crippen molar-refractivity contribution in [3.8, 4) is 11.5 Å². The molecule has 1 fully saturated rings. The molecular weight excluding hydrogens is 380 g/mol. The number of rotatable bonds is 5. The number of likely N-dealkylation sites (tertiary alicyclic amines) is 1. The Kier molecular flexibility index (Phi) is 5.22. The van der Waals surface area contributed by atoms with Gasteiger partial charge in [0.2, 0.25) is 6.79 Å². The van der Waals surface area contributed by atoms with Crippen molar-refractivity contribution in [1.29, 1.82) is 0 Å². The number of hydrogen-bond acceptors (Lipinski definition) is 4. The van der Waals surface area contributed by atoms with Gasteiger partial charge in [-0.05, 0) is 84.4 Å². The van der Waals surface area contributed by atoms with E-state index < -0.39 is 0 Å². The van der Waals surface area contributed by atoms with E-state index in [1.165, 1.54) is 24.8 Å². The van der Waals surface area contributed by atoms with E-state index in [1.54, 1.807) is 0 Å². The Labute approximate surface area is 157 Å². The molecule has 5 heteroatoms. The highest BCUT2D eigenvalue weighted by molar-refractivity contribution is 9.10. The smallest absolute Gasteiger partial charge is 0.231 e. The summed E-state index contributed by atoms with van der Waals surface area (Å²) in [5.41, 5.74) is 2.43. The van der Waals surface area contributed by atoms with Crippen LogP contribution in [0.5, 0.6) is 11.5 Å². The van der Waals surface area contributed by atoms with Crippen molar-refractivity contribution >= 4 is 15.9 Å². The highest BCUT2D eigenvalue weighted by atomic mass is 79.9. The van der Waals surface area contributed by atoms with Crippen molar-refractivity contribution in [2.75, 3.05) is 19.9 Å². The third-order valence-electron chi connectivity index (χ3n) is 5.17. The van der Waals surface area contributed by atoms with Gasteiger partial charge in [0.25, 0.3) is 0 Å². The first-order valence-corrected chi connectivity index (χ1v) is 9.78. The third kappa shape index (κ3) is 4.15. The van der Waals surface area contributed by atoms with Gasteiger partial charge in [0.15, 0.2) is 11.5 Å². The van der Waals surface area contributed by atoms with E-state index in [0.717, 1.165) is 53.8 Å². The number of ether oxygens (including phenoxy) is 2. The van der Waals surface area contributed by atoms with Gasteiger partial charge in [0, 0.05) is 6.54 Å². The van der Waals surface area contributed by atoms with Gasteiger partial charge in [-0.3, -0.25) is 4.90 Å². The van der Waals surface area contributed by atoms with Crippen LogP contribution in [0.2, 0.25) is 0 Å². The molecule has 1 aromatic heterocycles. The Morgan fingerprint density at radius 3 is 2.76 bits per heavy atom. The second-order valence-corrected chi connectivity index (χ2v) is 7.67. The van der Waals surface area contributed by atoms with Gasteiger partial charge in [-0.25, -0.2) is 4.98 Å². The lowest BCUT2D eigenvalue weighted by atomic mass is 9.90. The molecule has 2 aliphatic heterocycles. The van der Waals surface area contributed by atoms with Crippen LogP contribution in [-0.4, -0.2) is 29.8 Å². The molecule has 4 rings (SSSR count). The van der Waals surface area contributed by atoms with Gasteiger partial charge >= 0.3 is 0 Å².